The van der Waals surface area contributed by atoms with Crippen molar-refractivity contribution in [2.24, 2.45) is 0 Å². The predicted molar refractivity (Wildman–Crippen MR) is 103 cm³/mol. The topological polar surface area (TPSA) is 123 Å². The van der Waals surface area contributed by atoms with E-state index in [9.17, 15) is 14.9 Å². The van der Waals surface area contributed by atoms with Crippen LogP contribution in [0.1, 0.15) is 15.9 Å². The normalized spacial score (nSPS) is 14.1. The van der Waals surface area contributed by atoms with E-state index in [0.717, 1.165) is 5.82 Å². The fourth-order valence-corrected chi connectivity index (χ4v) is 3.28. The number of nitro benzene ring substituents is 1. The summed E-state index contributed by atoms with van der Waals surface area (Å²) in [4.78, 5) is 39.6. The minimum atomic E-state index is -0.447. The van der Waals surface area contributed by atoms with Crippen LogP contribution < -0.4 is 4.90 Å². The first-order valence-corrected chi connectivity index (χ1v) is 8.99. The van der Waals surface area contributed by atoms with Crippen molar-refractivity contribution in [2.45, 2.75) is 6.92 Å². The Balaban J connectivity index is 1.43. The summed E-state index contributed by atoms with van der Waals surface area (Å²) in [5.41, 5.74) is 0.941. The third-order valence-electron chi connectivity index (χ3n) is 4.82. The third kappa shape index (κ3) is 3.74. The number of rotatable bonds is 4. The van der Waals surface area contributed by atoms with E-state index in [0.29, 0.717) is 43.1 Å². The van der Waals surface area contributed by atoms with Crippen molar-refractivity contribution < 1.29 is 9.72 Å². The highest BCUT2D eigenvalue weighted by atomic mass is 16.6. The number of carbonyl (C=O) groups is 1. The second-order valence-electron chi connectivity index (χ2n) is 6.61. The number of hydrogen-bond acceptors (Lipinski definition) is 8. The number of amides is 1. The maximum atomic E-state index is 12.8. The van der Waals surface area contributed by atoms with E-state index >= 15 is 0 Å². The van der Waals surface area contributed by atoms with Gasteiger partial charge in [-0.3, -0.25) is 14.9 Å². The van der Waals surface area contributed by atoms with E-state index in [4.69, 9.17) is 0 Å². The maximum absolute atomic E-state index is 12.8. The molecule has 148 valence electrons. The zero-order chi connectivity index (χ0) is 20.4. The van der Waals surface area contributed by atoms with Crippen LogP contribution in [0.4, 0.5) is 11.5 Å². The lowest BCUT2D eigenvalue weighted by Gasteiger charge is -2.35. The minimum Gasteiger partial charge on any atom is -0.353 e. The summed E-state index contributed by atoms with van der Waals surface area (Å²) >= 11 is 0. The van der Waals surface area contributed by atoms with Gasteiger partial charge >= 0.3 is 0 Å². The quantitative estimate of drug-likeness (QED) is 0.478. The number of aryl methyl sites for hydroxylation is 1. The van der Waals surface area contributed by atoms with Crippen LogP contribution in [0.5, 0.6) is 0 Å². The molecule has 29 heavy (non-hydrogen) atoms. The smallest absolute Gasteiger partial charge is 0.272 e. The number of hydrogen-bond donors (Lipinski definition) is 0. The lowest BCUT2D eigenvalue weighted by Crippen LogP contribution is -2.49. The van der Waals surface area contributed by atoms with E-state index in [2.05, 4.69) is 25.0 Å². The summed E-state index contributed by atoms with van der Waals surface area (Å²) in [5.74, 6) is 1.24. The molecule has 0 bridgehead atoms. The summed E-state index contributed by atoms with van der Waals surface area (Å²) in [6.07, 6.45) is 4.48. The fourth-order valence-electron chi connectivity index (χ4n) is 3.28. The standard InChI is InChI=1S/C18H18N8O3/c1-13-8-14(2-3-15(13)26(28)29)18(27)24-6-4-23(5-7-24)16-9-17(21-11-20-16)25-12-19-10-22-25/h2-3,8-12H,4-7H2,1H3. The van der Waals surface area contributed by atoms with Gasteiger partial charge in [0.05, 0.1) is 4.92 Å². The molecule has 0 spiro atoms. The molecule has 0 aliphatic carbocycles. The van der Waals surface area contributed by atoms with Gasteiger partial charge in [0.25, 0.3) is 11.6 Å². The molecule has 1 aliphatic rings. The first kappa shape index (κ1) is 18.5. The Labute approximate surface area is 165 Å². The van der Waals surface area contributed by atoms with Crippen LogP contribution in [0.15, 0.2) is 43.2 Å². The van der Waals surface area contributed by atoms with E-state index in [1.807, 2.05) is 6.07 Å². The van der Waals surface area contributed by atoms with Gasteiger partial charge in [-0.05, 0) is 19.1 Å². The van der Waals surface area contributed by atoms with Gasteiger partial charge in [0.1, 0.15) is 24.8 Å². The molecular formula is C18H18N8O3. The van der Waals surface area contributed by atoms with Crippen molar-refractivity contribution in [3.8, 4) is 5.82 Å². The van der Waals surface area contributed by atoms with Crippen molar-refractivity contribution in [3.63, 3.8) is 0 Å². The van der Waals surface area contributed by atoms with Gasteiger partial charge in [-0.1, -0.05) is 0 Å². The SMILES string of the molecule is Cc1cc(C(=O)N2CCN(c3cc(-n4cncn4)ncn3)CC2)ccc1[N+](=O)[O-]. The lowest BCUT2D eigenvalue weighted by atomic mass is 10.1. The molecule has 11 nitrogen and oxygen atoms in total. The molecule has 0 atom stereocenters. The highest BCUT2D eigenvalue weighted by Crippen LogP contribution is 2.21. The number of benzene rings is 1. The third-order valence-corrected chi connectivity index (χ3v) is 4.82. The highest BCUT2D eigenvalue weighted by molar-refractivity contribution is 5.95. The molecule has 2 aromatic heterocycles. The number of carbonyl (C=O) groups excluding carboxylic acids is 1. The molecule has 3 aromatic rings. The summed E-state index contributed by atoms with van der Waals surface area (Å²) in [6, 6.07) is 6.29. The predicted octanol–water partition coefficient (Wildman–Crippen LogP) is 1.24. The molecule has 1 amide bonds. The lowest BCUT2D eigenvalue weighted by molar-refractivity contribution is -0.385. The molecule has 0 unspecified atom stereocenters. The number of piperazine rings is 1. The molecule has 1 aromatic carbocycles. The van der Waals surface area contributed by atoms with Crippen molar-refractivity contribution >= 4 is 17.4 Å². The maximum Gasteiger partial charge on any atom is 0.272 e. The van der Waals surface area contributed by atoms with Gasteiger partial charge in [0.15, 0.2) is 5.82 Å². The highest BCUT2D eigenvalue weighted by Gasteiger charge is 2.24. The van der Waals surface area contributed by atoms with Gasteiger partial charge in [-0.2, -0.15) is 5.10 Å². The van der Waals surface area contributed by atoms with Crippen molar-refractivity contribution in [2.75, 3.05) is 31.1 Å². The van der Waals surface area contributed by atoms with Crippen LogP contribution in [0.3, 0.4) is 0 Å². The monoisotopic (exact) mass is 394 g/mol. The second kappa shape index (κ2) is 7.62. The molecule has 0 saturated carbocycles. The second-order valence-corrected chi connectivity index (χ2v) is 6.61. The van der Waals surface area contributed by atoms with Crippen LogP contribution in [0.2, 0.25) is 0 Å². The van der Waals surface area contributed by atoms with E-state index in [1.165, 1.54) is 24.8 Å². The largest absolute Gasteiger partial charge is 0.353 e. The van der Waals surface area contributed by atoms with Gasteiger partial charge in [0.2, 0.25) is 0 Å². The van der Waals surface area contributed by atoms with Crippen molar-refractivity contribution in [1.82, 2.24) is 29.6 Å². The molecule has 4 rings (SSSR count). The van der Waals surface area contributed by atoms with Gasteiger partial charge < -0.3 is 9.80 Å². The fraction of sp³-hybridized carbons (Fsp3) is 0.278. The summed E-state index contributed by atoms with van der Waals surface area (Å²) in [7, 11) is 0. The molecular weight excluding hydrogens is 376 g/mol. The number of anilines is 1. The van der Waals surface area contributed by atoms with Gasteiger partial charge in [0, 0.05) is 49.4 Å². The molecule has 1 aliphatic heterocycles. The first-order chi connectivity index (χ1) is 14.0. The average Bonchev–Trinajstić information content (AvgIpc) is 3.28. The van der Waals surface area contributed by atoms with Crippen LogP contribution in [0.25, 0.3) is 5.82 Å². The molecule has 1 fully saturated rings. The molecule has 0 radical (unpaired) electrons. The Hall–Kier alpha value is -3.89. The first-order valence-electron chi connectivity index (χ1n) is 8.99. The molecule has 1 saturated heterocycles. The average molecular weight is 394 g/mol. The zero-order valence-electron chi connectivity index (χ0n) is 15.7. The molecule has 11 heteroatoms. The van der Waals surface area contributed by atoms with Gasteiger partial charge in [-0.25, -0.2) is 19.6 Å². The van der Waals surface area contributed by atoms with E-state index < -0.39 is 4.92 Å². The minimum absolute atomic E-state index is 0.0123. The van der Waals surface area contributed by atoms with Crippen molar-refractivity contribution in [3.05, 3.63) is 64.5 Å². The molecule has 3 heterocycles. The van der Waals surface area contributed by atoms with E-state index in [1.54, 1.807) is 28.9 Å². The summed E-state index contributed by atoms with van der Waals surface area (Å²) in [6.45, 7) is 3.92. The van der Waals surface area contributed by atoms with Gasteiger partial charge in [-0.15, -0.1) is 0 Å². The van der Waals surface area contributed by atoms with Crippen LogP contribution >= 0.6 is 0 Å². The Morgan fingerprint density at radius 2 is 1.83 bits per heavy atom. The summed E-state index contributed by atoms with van der Waals surface area (Å²) in [5, 5.41) is 15.0. The zero-order valence-corrected chi connectivity index (χ0v) is 15.7. The molecule has 0 N–H and O–H groups in total. The Kier molecular flexibility index (Phi) is 4.85. The van der Waals surface area contributed by atoms with Crippen molar-refractivity contribution in [1.29, 1.82) is 0 Å². The number of aromatic nitrogens is 5. The number of nitrogens with zero attached hydrogens (tertiary/aromatic N) is 8. The Morgan fingerprint density at radius 1 is 1.07 bits per heavy atom. The summed E-state index contributed by atoms with van der Waals surface area (Å²) < 4.78 is 1.56. The Morgan fingerprint density at radius 3 is 2.48 bits per heavy atom. The van der Waals surface area contributed by atoms with Crippen LogP contribution in [-0.2, 0) is 0 Å². The van der Waals surface area contributed by atoms with Crippen LogP contribution in [0, 0.1) is 17.0 Å². The van der Waals surface area contributed by atoms with Crippen LogP contribution in [-0.4, -0.2) is 66.6 Å². The Bertz CT molecular complexity index is 1050. The number of nitro groups is 1. The van der Waals surface area contributed by atoms with E-state index in [-0.39, 0.29) is 11.6 Å².